The third kappa shape index (κ3) is 3.31. The highest BCUT2D eigenvalue weighted by Crippen LogP contribution is 2.11. The first-order valence-corrected chi connectivity index (χ1v) is 7.71. The fraction of sp³-hybridized carbons (Fsp3) is 0.500. The number of hydrogen-bond acceptors (Lipinski definition) is 4. The van der Waals surface area contributed by atoms with Crippen LogP contribution < -0.4 is 0 Å². The molecule has 0 radical (unpaired) electrons. The zero-order valence-electron chi connectivity index (χ0n) is 9.76. The van der Waals surface area contributed by atoms with Crippen LogP contribution in [-0.2, 0) is 22.4 Å². The van der Waals surface area contributed by atoms with Gasteiger partial charge in [0.25, 0.3) is 0 Å². The predicted octanol–water partition coefficient (Wildman–Crippen LogP) is 1.33. The molecule has 0 atom stereocenters. The van der Waals surface area contributed by atoms with Crippen molar-refractivity contribution >= 4 is 33.7 Å². The lowest BCUT2D eigenvalue weighted by Crippen LogP contribution is -2.12. The Kier molecular flexibility index (Phi) is 4.20. The quantitative estimate of drug-likeness (QED) is 0.609. The van der Waals surface area contributed by atoms with Crippen LogP contribution in [-0.4, -0.2) is 44.6 Å². The Hall–Kier alpha value is -0.850. The Labute approximate surface area is 107 Å². The van der Waals surface area contributed by atoms with E-state index in [9.17, 15) is 0 Å². The van der Waals surface area contributed by atoms with Gasteiger partial charge in [0.2, 0.25) is 0 Å². The molecule has 17 heavy (non-hydrogen) atoms. The van der Waals surface area contributed by atoms with E-state index in [1.165, 1.54) is 6.20 Å². The van der Waals surface area contributed by atoms with Gasteiger partial charge >= 0.3 is 0 Å². The fourth-order valence-electron chi connectivity index (χ4n) is 1.30. The van der Waals surface area contributed by atoms with E-state index in [1.807, 2.05) is 0 Å². The smallest absolute Gasteiger partial charge is 0.180 e. The highest BCUT2D eigenvalue weighted by molar-refractivity contribution is 7.95. The first-order chi connectivity index (χ1) is 8.16. The van der Waals surface area contributed by atoms with Crippen molar-refractivity contribution in [3.63, 3.8) is 0 Å². The van der Waals surface area contributed by atoms with E-state index in [4.69, 9.17) is 16.3 Å². The third-order valence-electron chi connectivity index (χ3n) is 2.17. The molecule has 0 spiro atoms. The number of aromatic nitrogens is 4. The zero-order valence-corrected chi connectivity index (χ0v) is 11.3. The predicted molar refractivity (Wildman–Crippen MR) is 70.4 cm³/mol. The fourth-order valence-corrected chi connectivity index (χ4v) is 1.88. The van der Waals surface area contributed by atoms with Crippen LogP contribution >= 0.6 is 11.6 Å². The van der Waals surface area contributed by atoms with E-state index >= 15 is 0 Å². The Morgan fingerprint density at radius 3 is 3.00 bits per heavy atom. The second kappa shape index (κ2) is 5.66. The van der Waals surface area contributed by atoms with E-state index in [1.54, 1.807) is 10.9 Å². The number of fused-ring (bicyclic) bond motifs is 1. The lowest BCUT2D eigenvalue weighted by atomic mass is 10.5. The van der Waals surface area contributed by atoms with E-state index in [-0.39, 0.29) is 0 Å². The van der Waals surface area contributed by atoms with Crippen molar-refractivity contribution in [3.8, 4) is 0 Å². The molecule has 0 aliphatic heterocycles. The van der Waals surface area contributed by atoms with Crippen molar-refractivity contribution in [1.82, 2.24) is 19.7 Å². The standard InChI is InChI=1S/C10H14ClN4OS/c1-17(2)4-3-16-7-15-10-8(5-13-15)12-6-9(11)14-10/h5-6H,3-4,7H2,1-2H3/q+1. The van der Waals surface area contributed by atoms with Crippen LogP contribution in [0.3, 0.4) is 0 Å². The van der Waals surface area contributed by atoms with Gasteiger partial charge in [-0.3, -0.25) is 0 Å². The van der Waals surface area contributed by atoms with E-state index in [0.717, 1.165) is 17.9 Å². The van der Waals surface area contributed by atoms with Gasteiger partial charge in [-0.25, -0.2) is 14.6 Å². The maximum Gasteiger partial charge on any atom is 0.180 e. The molecule has 0 aliphatic carbocycles. The Morgan fingerprint density at radius 2 is 2.24 bits per heavy atom. The van der Waals surface area contributed by atoms with Crippen molar-refractivity contribution in [2.75, 3.05) is 24.9 Å². The van der Waals surface area contributed by atoms with Gasteiger partial charge in [-0.05, 0) is 10.9 Å². The van der Waals surface area contributed by atoms with Crippen LogP contribution in [0, 0.1) is 0 Å². The van der Waals surface area contributed by atoms with Crippen molar-refractivity contribution in [2.24, 2.45) is 0 Å². The first kappa shape index (κ1) is 12.6. The lowest BCUT2D eigenvalue weighted by molar-refractivity contribution is 0.0837. The van der Waals surface area contributed by atoms with Crippen LogP contribution in [0.15, 0.2) is 12.4 Å². The molecule has 0 N–H and O–H groups in total. The molecule has 2 aromatic rings. The third-order valence-corrected chi connectivity index (χ3v) is 3.33. The Morgan fingerprint density at radius 1 is 1.41 bits per heavy atom. The summed E-state index contributed by atoms with van der Waals surface area (Å²) in [6.07, 6.45) is 7.55. The SMILES string of the molecule is C[S+](C)CCOCn1ncc2ncc(Cl)nc21. The minimum atomic E-state index is 0.364. The van der Waals surface area contributed by atoms with E-state index in [2.05, 4.69) is 27.6 Å². The monoisotopic (exact) mass is 273 g/mol. The topological polar surface area (TPSA) is 52.8 Å². The summed E-state index contributed by atoms with van der Waals surface area (Å²) >= 11 is 5.80. The molecule has 0 fully saturated rings. The zero-order chi connectivity index (χ0) is 12.3. The molecule has 7 heteroatoms. The highest BCUT2D eigenvalue weighted by atomic mass is 35.5. The van der Waals surface area contributed by atoms with Crippen molar-refractivity contribution in [3.05, 3.63) is 17.5 Å². The molecule has 2 aromatic heterocycles. The highest BCUT2D eigenvalue weighted by Gasteiger charge is 2.07. The summed E-state index contributed by atoms with van der Waals surface area (Å²) in [5.74, 6) is 1.06. The van der Waals surface area contributed by atoms with Crippen molar-refractivity contribution in [1.29, 1.82) is 0 Å². The summed E-state index contributed by atoms with van der Waals surface area (Å²) in [4.78, 5) is 8.30. The normalized spacial score (nSPS) is 11.5. The number of hydrogen-bond donors (Lipinski definition) is 0. The van der Waals surface area contributed by atoms with Crippen molar-refractivity contribution in [2.45, 2.75) is 6.73 Å². The van der Waals surface area contributed by atoms with Crippen LogP contribution in [0.2, 0.25) is 5.15 Å². The molecule has 0 amide bonds. The van der Waals surface area contributed by atoms with Crippen LogP contribution in [0.5, 0.6) is 0 Å². The van der Waals surface area contributed by atoms with Gasteiger partial charge < -0.3 is 4.74 Å². The van der Waals surface area contributed by atoms with Gasteiger partial charge in [0.1, 0.15) is 23.2 Å². The van der Waals surface area contributed by atoms with Gasteiger partial charge in [0.05, 0.1) is 31.5 Å². The molecule has 0 saturated carbocycles. The summed E-state index contributed by atoms with van der Waals surface area (Å²) < 4.78 is 7.20. The van der Waals surface area contributed by atoms with Gasteiger partial charge in [-0.2, -0.15) is 5.10 Å². The number of halogens is 1. The maximum atomic E-state index is 5.80. The average Bonchev–Trinajstić information content (AvgIpc) is 2.67. The summed E-state index contributed by atoms with van der Waals surface area (Å²) in [5.41, 5.74) is 1.38. The minimum Gasteiger partial charge on any atom is -0.354 e. The maximum absolute atomic E-state index is 5.80. The van der Waals surface area contributed by atoms with Gasteiger partial charge in [0.15, 0.2) is 5.65 Å². The van der Waals surface area contributed by atoms with E-state index < -0.39 is 0 Å². The molecular weight excluding hydrogens is 260 g/mol. The lowest BCUT2D eigenvalue weighted by Gasteiger charge is -2.03. The molecule has 92 valence electrons. The molecule has 0 aromatic carbocycles. The van der Waals surface area contributed by atoms with E-state index in [0.29, 0.717) is 28.4 Å². The summed E-state index contributed by atoms with van der Waals surface area (Å²) in [6.45, 7) is 1.11. The molecule has 0 unspecified atom stereocenters. The van der Waals surface area contributed by atoms with Crippen molar-refractivity contribution < 1.29 is 4.74 Å². The van der Waals surface area contributed by atoms with Gasteiger partial charge in [-0.1, -0.05) is 11.6 Å². The largest absolute Gasteiger partial charge is 0.354 e. The molecule has 2 rings (SSSR count). The van der Waals surface area contributed by atoms with Gasteiger partial charge in [-0.15, -0.1) is 0 Å². The molecule has 0 aliphatic rings. The summed E-state index contributed by atoms with van der Waals surface area (Å²) in [6, 6.07) is 0. The number of nitrogens with zero attached hydrogens (tertiary/aromatic N) is 4. The molecule has 0 saturated heterocycles. The van der Waals surface area contributed by atoms with Crippen LogP contribution in [0.4, 0.5) is 0 Å². The number of rotatable bonds is 5. The second-order valence-corrected chi connectivity index (χ2v) is 6.54. The molecule has 5 nitrogen and oxygen atoms in total. The van der Waals surface area contributed by atoms with Crippen LogP contribution in [0.25, 0.3) is 11.2 Å². The average molecular weight is 274 g/mol. The Balaban J connectivity index is 2.01. The molecule has 0 bridgehead atoms. The molecule has 2 heterocycles. The molecular formula is C10H14ClN4OS+. The minimum absolute atomic E-state index is 0.364. The van der Waals surface area contributed by atoms with Gasteiger partial charge in [0, 0.05) is 0 Å². The Bertz CT molecular complexity index is 502. The second-order valence-electron chi connectivity index (χ2n) is 3.77. The summed E-state index contributed by atoms with van der Waals surface area (Å²) in [7, 11) is 0.402. The number of ether oxygens (including phenoxy) is 1. The van der Waals surface area contributed by atoms with Crippen LogP contribution in [0.1, 0.15) is 0 Å². The summed E-state index contributed by atoms with van der Waals surface area (Å²) in [5, 5.41) is 4.53. The first-order valence-electron chi connectivity index (χ1n) is 5.13.